The fourth-order valence-corrected chi connectivity index (χ4v) is 2.22. The lowest BCUT2D eigenvalue weighted by Gasteiger charge is -2.05. The molecule has 3 rings (SSSR count). The summed E-state index contributed by atoms with van der Waals surface area (Å²) in [5, 5.41) is 24.5. The Hall–Kier alpha value is -2.83. The predicted molar refractivity (Wildman–Crippen MR) is 118 cm³/mol. The number of phosphoric ester groups is 1. The van der Waals surface area contributed by atoms with Gasteiger partial charge in [-0.15, -0.1) is 0 Å². The Morgan fingerprint density at radius 2 is 0.867 bits per heavy atom. The van der Waals surface area contributed by atoms with Crippen molar-refractivity contribution in [1.29, 1.82) is 0 Å². The Labute approximate surface area is 177 Å². The molecule has 0 heterocycles. The zero-order chi connectivity index (χ0) is 23.2. The third-order valence-electron chi connectivity index (χ3n) is 3.31. The fraction of sp³-hybridized carbons (Fsp3) is 0.182. The molecule has 0 radical (unpaired) electrons. The Bertz CT molecular complexity index is 785. The van der Waals surface area contributed by atoms with E-state index in [1.807, 2.05) is 45.0 Å². The quantitative estimate of drug-likeness (QED) is 0.375. The smallest absolute Gasteiger partial charge is 0.508 e. The summed E-state index contributed by atoms with van der Waals surface area (Å²) in [5.41, 5.74) is 3.35. The van der Waals surface area contributed by atoms with E-state index in [0.29, 0.717) is 11.5 Å². The summed E-state index contributed by atoms with van der Waals surface area (Å²) in [5.74, 6) is 0.833. The molecule has 0 atom stereocenters. The predicted octanol–water partition coefficient (Wildman–Crippen LogP) is 4.48. The Morgan fingerprint density at radius 3 is 1.10 bits per heavy atom. The van der Waals surface area contributed by atoms with Gasteiger partial charge in [0.2, 0.25) is 0 Å². The Balaban J connectivity index is 0.000000415. The summed E-state index contributed by atoms with van der Waals surface area (Å²) in [4.78, 5) is 16.9. The summed E-state index contributed by atoms with van der Waals surface area (Å²) in [6.07, 6.45) is 0. The van der Waals surface area contributed by atoms with Crippen molar-refractivity contribution in [3.63, 3.8) is 0 Å². The molecule has 164 valence electrons. The fourth-order valence-electron chi connectivity index (χ4n) is 1.83. The van der Waals surface area contributed by atoms with Crippen molar-refractivity contribution in [2.45, 2.75) is 20.8 Å². The highest BCUT2D eigenvalue weighted by atomic mass is 31.2. The molecule has 0 aromatic heterocycles. The number of aromatic hydroxyl groups is 2. The first-order chi connectivity index (χ1) is 14.0. The first-order valence-corrected chi connectivity index (χ1v) is 10.4. The maximum absolute atomic E-state index is 10.4. The van der Waals surface area contributed by atoms with E-state index in [2.05, 4.69) is 4.52 Å². The Morgan fingerprint density at radius 1 is 0.600 bits per heavy atom. The third-order valence-corrected chi connectivity index (χ3v) is 3.76. The van der Waals surface area contributed by atoms with E-state index < -0.39 is 7.82 Å². The van der Waals surface area contributed by atoms with Gasteiger partial charge in [-0.25, -0.2) is 4.57 Å². The van der Waals surface area contributed by atoms with Gasteiger partial charge in [0.25, 0.3) is 0 Å². The summed E-state index contributed by atoms with van der Waals surface area (Å²) in [6.45, 7) is 5.85. The van der Waals surface area contributed by atoms with Crippen LogP contribution in [0.4, 0.5) is 0 Å². The molecule has 0 aliphatic rings. The number of phosphoric acid groups is 1. The van der Waals surface area contributed by atoms with Crippen LogP contribution >= 0.6 is 7.82 Å². The summed E-state index contributed by atoms with van der Waals surface area (Å²) in [7, 11) is -3.40. The highest BCUT2D eigenvalue weighted by molar-refractivity contribution is 7.46. The van der Waals surface area contributed by atoms with Crippen molar-refractivity contribution in [2.75, 3.05) is 7.11 Å². The van der Waals surface area contributed by atoms with Gasteiger partial charge in [0.15, 0.2) is 0 Å². The summed E-state index contributed by atoms with van der Waals surface area (Å²) >= 11 is 0. The minimum Gasteiger partial charge on any atom is -0.508 e. The molecule has 0 fully saturated rings. The van der Waals surface area contributed by atoms with E-state index in [0.717, 1.165) is 12.7 Å². The highest BCUT2D eigenvalue weighted by Gasteiger charge is 2.14. The largest absolute Gasteiger partial charge is 0.524 e. The monoisotopic (exact) mass is 436 g/mol. The van der Waals surface area contributed by atoms with E-state index in [-0.39, 0.29) is 5.75 Å². The second-order valence-corrected chi connectivity index (χ2v) is 7.23. The first-order valence-electron chi connectivity index (χ1n) is 8.83. The molecular formula is C22H29O7P. The van der Waals surface area contributed by atoms with E-state index >= 15 is 0 Å². The second-order valence-electron chi connectivity index (χ2n) is 6.07. The van der Waals surface area contributed by atoms with Crippen LogP contribution in [0.5, 0.6) is 17.2 Å². The van der Waals surface area contributed by atoms with Crippen LogP contribution in [0.25, 0.3) is 0 Å². The van der Waals surface area contributed by atoms with Gasteiger partial charge in [0.05, 0.1) is 0 Å². The molecule has 0 unspecified atom stereocenters. The zero-order valence-electron chi connectivity index (χ0n) is 17.4. The van der Waals surface area contributed by atoms with Gasteiger partial charge < -0.3 is 19.8 Å². The van der Waals surface area contributed by atoms with Crippen LogP contribution in [0.15, 0.2) is 72.8 Å². The van der Waals surface area contributed by atoms with Gasteiger partial charge in [-0.3, -0.25) is 9.79 Å². The standard InChI is InChI=1S/C7H9O4P.2C7H8O.CH4O/c1-6-2-4-7(5-3-6)11-12(8,9)10;2*1-6-2-4-7(8)5-3-6;1-2/h2-5H,1H3,(H2,8,9,10);2*2-5,8H,1H3;2H,1H3. The van der Waals surface area contributed by atoms with Crippen LogP contribution in [0.1, 0.15) is 16.7 Å². The number of rotatable bonds is 2. The van der Waals surface area contributed by atoms with Gasteiger partial charge in [-0.1, -0.05) is 53.1 Å². The Kier molecular flexibility index (Phi) is 12.9. The van der Waals surface area contributed by atoms with Crippen LogP contribution < -0.4 is 4.52 Å². The number of hydrogen-bond acceptors (Lipinski definition) is 5. The molecule has 0 amide bonds. The average molecular weight is 436 g/mol. The van der Waals surface area contributed by atoms with Crippen LogP contribution in [0.2, 0.25) is 0 Å². The number of phenolic OH excluding ortho intramolecular Hbond substituents is 2. The number of hydrogen-bond donors (Lipinski definition) is 5. The highest BCUT2D eigenvalue weighted by Crippen LogP contribution is 2.37. The SMILES string of the molecule is CO.Cc1ccc(O)cc1.Cc1ccc(O)cc1.Cc1ccc(OP(=O)(O)O)cc1. The number of aryl methyl sites for hydroxylation is 3. The zero-order valence-corrected chi connectivity index (χ0v) is 18.3. The minimum atomic E-state index is -4.40. The molecule has 0 saturated heterocycles. The lowest BCUT2D eigenvalue weighted by molar-refractivity contribution is 0.283. The van der Waals surface area contributed by atoms with E-state index in [9.17, 15) is 4.57 Å². The van der Waals surface area contributed by atoms with Gasteiger partial charge in [-0.2, -0.15) is 0 Å². The molecule has 8 heteroatoms. The molecular weight excluding hydrogens is 407 g/mol. The molecule has 0 spiro atoms. The molecule has 30 heavy (non-hydrogen) atoms. The van der Waals surface area contributed by atoms with E-state index in [4.69, 9.17) is 25.1 Å². The topological polar surface area (TPSA) is 127 Å². The van der Waals surface area contributed by atoms with Crippen molar-refractivity contribution in [1.82, 2.24) is 0 Å². The molecule has 7 nitrogen and oxygen atoms in total. The van der Waals surface area contributed by atoms with Crippen molar-refractivity contribution in [3.05, 3.63) is 89.5 Å². The summed E-state index contributed by atoms with van der Waals surface area (Å²) in [6, 6.07) is 20.6. The first kappa shape index (κ1) is 27.2. The maximum Gasteiger partial charge on any atom is 0.524 e. The molecule has 3 aromatic rings. The van der Waals surface area contributed by atoms with Crippen LogP contribution in [-0.4, -0.2) is 32.2 Å². The number of aliphatic hydroxyl groups is 1. The number of aliphatic hydroxyl groups excluding tert-OH is 1. The molecule has 0 bridgehead atoms. The molecule has 0 aliphatic heterocycles. The molecule has 3 aromatic carbocycles. The maximum atomic E-state index is 10.4. The van der Waals surface area contributed by atoms with Gasteiger partial charge in [0, 0.05) is 7.11 Å². The second kappa shape index (κ2) is 14.2. The lowest BCUT2D eigenvalue weighted by atomic mass is 10.2. The molecule has 0 saturated carbocycles. The molecule has 0 aliphatic carbocycles. The molecule has 5 N–H and O–H groups in total. The van der Waals surface area contributed by atoms with Crippen molar-refractivity contribution in [3.8, 4) is 17.2 Å². The summed E-state index contributed by atoms with van der Waals surface area (Å²) < 4.78 is 14.7. The van der Waals surface area contributed by atoms with Gasteiger partial charge in [-0.05, 0) is 57.2 Å². The van der Waals surface area contributed by atoms with Crippen molar-refractivity contribution < 1.29 is 34.2 Å². The normalized spacial score (nSPS) is 9.57. The number of phenols is 2. The van der Waals surface area contributed by atoms with Crippen molar-refractivity contribution in [2.24, 2.45) is 0 Å². The minimum absolute atomic E-state index is 0.175. The average Bonchev–Trinajstić information content (AvgIpc) is 2.70. The number of benzene rings is 3. The van der Waals surface area contributed by atoms with Crippen LogP contribution in [0.3, 0.4) is 0 Å². The van der Waals surface area contributed by atoms with Crippen LogP contribution in [0, 0.1) is 20.8 Å². The van der Waals surface area contributed by atoms with Crippen molar-refractivity contribution >= 4 is 7.82 Å². The lowest BCUT2D eigenvalue weighted by Crippen LogP contribution is -1.89. The van der Waals surface area contributed by atoms with E-state index in [1.165, 1.54) is 23.3 Å². The van der Waals surface area contributed by atoms with Gasteiger partial charge >= 0.3 is 7.82 Å². The van der Waals surface area contributed by atoms with E-state index in [1.54, 1.807) is 36.4 Å². The third kappa shape index (κ3) is 14.2. The van der Waals surface area contributed by atoms with Crippen LogP contribution in [-0.2, 0) is 4.57 Å². The van der Waals surface area contributed by atoms with Gasteiger partial charge in [0.1, 0.15) is 17.2 Å².